The van der Waals surface area contributed by atoms with Crippen LogP contribution in [-0.4, -0.2) is 36.0 Å². The maximum Gasteiger partial charge on any atom is 0.333 e. The molecule has 1 aromatic carbocycles. The third kappa shape index (κ3) is 2.54. The van der Waals surface area contributed by atoms with Crippen molar-refractivity contribution in [2.45, 2.75) is 33.7 Å². The van der Waals surface area contributed by atoms with Crippen molar-refractivity contribution in [3.8, 4) is 11.4 Å². The standard InChI is InChI=1S/C21H23N5O4/c1-11-12(2)25-17-18(23(5)21(29)26(19(17)28)13(3)14(4)27)22-20(25)24(11)15-8-7-9-16(10-15)30-6/h7-10,13H,1-6H3. The minimum absolute atomic E-state index is 0.266. The van der Waals surface area contributed by atoms with Gasteiger partial charge in [0.05, 0.1) is 18.8 Å². The lowest BCUT2D eigenvalue weighted by Gasteiger charge is -2.12. The van der Waals surface area contributed by atoms with Crippen molar-refractivity contribution in [2.24, 2.45) is 7.05 Å². The van der Waals surface area contributed by atoms with Crippen molar-refractivity contribution < 1.29 is 9.53 Å². The number of aromatic nitrogens is 5. The average molecular weight is 409 g/mol. The van der Waals surface area contributed by atoms with Gasteiger partial charge in [-0.3, -0.25) is 23.1 Å². The van der Waals surface area contributed by atoms with Gasteiger partial charge in [-0.05, 0) is 39.8 Å². The van der Waals surface area contributed by atoms with Gasteiger partial charge in [0.2, 0.25) is 5.78 Å². The van der Waals surface area contributed by atoms with E-state index in [0.717, 1.165) is 21.6 Å². The zero-order valence-corrected chi connectivity index (χ0v) is 17.8. The Morgan fingerprint density at radius 3 is 2.50 bits per heavy atom. The van der Waals surface area contributed by atoms with Crippen molar-refractivity contribution in [3.05, 3.63) is 56.5 Å². The largest absolute Gasteiger partial charge is 0.497 e. The topological polar surface area (TPSA) is 92.5 Å². The number of nitrogens with zero attached hydrogens (tertiary/aromatic N) is 5. The number of hydrogen-bond donors (Lipinski definition) is 0. The number of ketones is 1. The zero-order chi connectivity index (χ0) is 21.9. The van der Waals surface area contributed by atoms with E-state index in [1.807, 2.05) is 42.7 Å². The van der Waals surface area contributed by atoms with Gasteiger partial charge >= 0.3 is 5.69 Å². The van der Waals surface area contributed by atoms with Gasteiger partial charge in [-0.1, -0.05) is 6.07 Å². The molecule has 1 atom stereocenters. The van der Waals surface area contributed by atoms with E-state index < -0.39 is 17.3 Å². The van der Waals surface area contributed by atoms with E-state index in [2.05, 4.69) is 4.98 Å². The molecule has 3 heterocycles. The van der Waals surface area contributed by atoms with Crippen LogP contribution in [0, 0.1) is 13.8 Å². The second kappa shape index (κ2) is 6.72. The van der Waals surface area contributed by atoms with Crippen molar-refractivity contribution in [1.82, 2.24) is 23.1 Å². The monoisotopic (exact) mass is 409 g/mol. The highest BCUT2D eigenvalue weighted by atomic mass is 16.5. The molecule has 0 aliphatic carbocycles. The van der Waals surface area contributed by atoms with Gasteiger partial charge in [-0.25, -0.2) is 9.36 Å². The molecule has 3 aromatic heterocycles. The Morgan fingerprint density at radius 2 is 1.87 bits per heavy atom. The van der Waals surface area contributed by atoms with Crippen molar-refractivity contribution in [2.75, 3.05) is 7.11 Å². The summed E-state index contributed by atoms with van der Waals surface area (Å²) < 4.78 is 11.3. The number of benzene rings is 1. The van der Waals surface area contributed by atoms with Crippen LogP contribution in [-0.2, 0) is 11.8 Å². The van der Waals surface area contributed by atoms with Crippen molar-refractivity contribution in [3.63, 3.8) is 0 Å². The highest BCUT2D eigenvalue weighted by molar-refractivity contribution is 5.81. The first-order valence-corrected chi connectivity index (χ1v) is 9.55. The van der Waals surface area contributed by atoms with Gasteiger partial charge in [-0.15, -0.1) is 0 Å². The van der Waals surface area contributed by atoms with Gasteiger partial charge in [0, 0.05) is 24.5 Å². The minimum Gasteiger partial charge on any atom is -0.497 e. The number of imidazole rings is 2. The predicted molar refractivity (Wildman–Crippen MR) is 113 cm³/mol. The molecule has 0 saturated heterocycles. The van der Waals surface area contributed by atoms with Gasteiger partial charge in [0.25, 0.3) is 5.56 Å². The number of rotatable bonds is 4. The quantitative estimate of drug-likeness (QED) is 0.513. The zero-order valence-electron chi connectivity index (χ0n) is 17.8. The maximum absolute atomic E-state index is 13.3. The molecule has 1 unspecified atom stereocenters. The molecule has 4 rings (SSSR count). The summed E-state index contributed by atoms with van der Waals surface area (Å²) in [6.45, 7) is 6.74. The predicted octanol–water partition coefficient (Wildman–Crippen LogP) is 1.91. The molecule has 0 saturated carbocycles. The summed E-state index contributed by atoms with van der Waals surface area (Å²) >= 11 is 0. The minimum atomic E-state index is -0.868. The number of methoxy groups -OCH3 is 1. The molecule has 9 nitrogen and oxygen atoms in total. The number of fused-ring (bicyclic) bond motifs is 3. The molecule has 0 amide bonds. The third-order valence-electron chi connectivity index (χ3n) is 5.75. The third-order valence-corrected chi connectivity index (χ3v) is 5.75. The van der Waals surface area contributed by atoms with Crippen LogP contribution in [0.15, 0.2) is 33.9 Å². The lowest BCUT2D eigenvalue weighted by Crippen LogP contribution is -2.42. The summed E-state index contributed by atoms with van der Waals surface area (Å²) in [4.78, 5) is 42.7. The number of carbonyl (C=O) groups is 1. The van der Waals surface area contributed by atoms with Crippen LogP contribution < -0.4 is 16.0 Å². The van der Waals surface area contributed by atoms with E-state index in [-0.39, 0.29) is 16.9 Å². The van der Waals surface area contributed by atoms with E-state index in [9.17, 15) is 14.4 Å². The summed E-state index contributed by atoms with van der Waals surface area (Å²) in [5.74, 6) is 0.933. The summed E-state index contributed by atoms with van der Waals surface area (Å²) in [6.07, 6.45) is 0. The second-order valence-corrected chi connectivity index (χ2v) is 7.43. The molecule has 0 spiro atoms. The molecular formula is C21H23N5O4. The Labute approximate surface area is 171 Å². The fourth-order valence-corrected chi connectivity index (χ4v) is 3.80. The molecule has 9 heteroatoms. The van der Waals surface area contributed by atoms with Gasteiger partial charge < -0.3 is 4.74 Å². The Balaban J connectivity index is 2.18. The van der Waals surface area contributed by atoms with Crippen LogP contribution >= 0.6 is 0 Å². The number of carbonyl (C=O) groups excluding carboxylic acids is 1. The van der Waals surface area contributed by atoms with Crippen LogP contribution in [0.2, 0.25) is 0 Å². The number of aryl methyl sites for hydroxylation is 2. The highest BCUT2D eigenvalue weighted by Gasteiger charge is 2.25. The smallest absolute Gasteiger partial charge is 0.333 e. The lowest BCUT2D eigenvalue weighted by molar-refractivity contribution is -0.119. The molecule has 0 bridgehead atoms. The molecular weight excluding hydrogens is 386 g/mol. The highest BCUT2D eigenvalue weighted by Crippen LogP contribution is 2.26. The van der Waals surface area contributed by atoms with Gasteiger partial charge in [0.15, 0.2) is 16.9 Å². The number of hydrogen-bond acceptors (Lipinski definition) is 5. The molecule has 4 aromatic rings. The maximum atomic E-state index is 13.3. The Bertz CT molecular complexity index is 1450. The molecule has 0 N–H and O–H groups in total. The van der Waals surface area contributed by atoms with Crippen LogP contribution in [0.4, 0.5) is 0 Å². The Kier molecular flexibility index (Phi) is 4.41. The fourth-order valence-electron chi connectivity index (χ4n) is 3.80. The van der Waals surface area contributed by atoms with Crippen LogP contribution in [0.25, 0.3) is 22.6 Å². The van der Waals surface area contributed by atoms with E-state index in [1.54, 1.807) is 25.5 Å². The van der Waals surface area contributed by atoms with Gasteiger partial charge in [-0.2, -0.15) is 4.98 Å². The first kappa shape index (κ1) is 19.7. The normalized spacial score (nSPS) is 12.6. The van der Waals surface area contributed by atoms with Crippen LogP contribution in [0.3, 0.4) is 0 Å². The fraction of sp³-hybridized carbons (Fsp3) is 0.333. The SMILES string of the molecule is COc1cccc(-n2c(C)c(C)n3c4c(=O)n(C(C)C(C)=O)c(=O)n(C)c4nc23)c1. The second-order valence-electron chi connectivity index (χ2n) is 7.43. The Morgan fingerprint density at radius 1 is 1.17 bits per heavy atom. The molecule has 156 valence electrons. The van der Waals surface area contributed by atoms with E-state index in [4.69, 9.17) is 4.74 Å². The average Bonchev–Trinajstić information content (AvgIpc) is 3.22. The van der Waals surface area contributed by atoms with E-state index >= 15 is 0 Å². The van der Waals surface area contributed by atoms with Crippen molar-refractivity contribution in [1.29, 1.82) is 0 Å². The van der Waals surface area contributed by atoms with Gasteiger partial charge in [0.1, 0.15) is 5.75 Å². The van der Waals surface area contributed by atoms with Crippen LogP contribution in [0.5, 0.6) is 5.75 Å². The molecule has 0 fully saturated rings. The molecule has 0 radical (unpaired) electrons. The van der Waals surface area contributed by atoms with Crippen LogP contribution in [0.1, 0.15) is 31.3 Å². The molecule has 0 aliphatic heterocycles. The summed E-state index contributed by atoms with van der Waals surface area (Å²) in [7, 11) is 3.15. The summed E-state index contributed by atoms with van der Waals surface area (Å²) in [5.41, 5.74) is 1.96. The first-order valence-electron chi connectivity index (χ1n) is 9.55. The first-order chi connectivity index (χ1) is 14.2. The molecule has 30 heavy (non-hydrogen) atoms. The molecule has 0 aliphatic rings. The summed E-state index contributed by atoms with van der Waals surface area (Å²) in [5, 5.41) is 0. The number of Topliss-reactive ketones (excluding diaryl/α,β-unsaturated/α-hetero) is 1. The van der Waals surface area contributed by atoms with E-state index in [1.165, 1.54) is 11.5 Å². The Hall–Kier alpha value is -3.62. The number of ether oxygens (including phenoxy) is 1. The van der Waals surface area contributed by atoms with E-state index in [0.29, 0.717) is 11.5 Å². The lowest BCUT2D eigenvalue weighted by atomic mass is 10.2. The van der Waals surface area contributed by atoms with Crippen molar-refractivity contribution >= 4 is 22.7 Å². The summed E-state index contributed by atoms with van der Waals surface area (Å²) in [6, 6.07) is 6.65.